The molecule has 2 aromatic heterocycles. The SMILES string of the molecule is Cc1ccc(NC(=O)NCC(c2ccco2)N(C)C)cc1-n1cnnn1. The summed E-state index contributed by atoms with van der Waals surface area (Å²) in [6.07, 6.45) is 3.13. The number of carbonyl (C=O) groups is 1. The van der Waals surface area contributed by atoms with Gasteiger partial charge in [0.1, 0.15) is 12.1 Å². The average molecular weight is 355 g/mol. The molecule has 136 valence electrons. The van der Waals surface area contributed by atoms with E-state index in [0.717, 1.165) is 17.0 Å². The normalized spacial score (nSPS) is 12.2. The highest BCUT2D eigenvalue weighted by Gasteiger charge is 2.18. The Morgan fingerprint density at radius 3 is 2.85 bits per heavy atom. The van der Waals surface area contributed by atoms with E-state index in [0.29, 0.717) is 12.2 Å². The van der Waals surface area contributed by atoms with Crippen LogP contribution < -0.4 is 10.6 Å². The summed E-state index contributed by atoms with van der Waals surface area (Å²) in [5.74, 6) is 0.798. The Labute approximate surface area is 151 Å². The number of aryl methyl sites for hydroxylation is 1. The first kappa shape index (κ1) is 17.6. The molecule has 3 aromatic rings. The number of urea groups is 1. The minimum absolute atomic E-state index is 0.0504. The van der Waals surface area contributed by atoms with Crippen molar-refractivity contribution < 1.29 is 9.21 Å². The first-order valence-electron chi connectivity index (χ1n) is 8.13. The second kappa shape index (κ2) is 7.79. The van der Waals surface area contributed by atoms with E-state index < -0.39 is 0 Å². The van der Waals surface area contributed by atoms with Crippen molar-refractivity contribution in [1.29, 1.82) is 0 Å². The number of anilines is 1. The summed E-state index contributed by atoms with van der Waals surface area (Å²) >= 11 is 0. The lowest BCUT2D eigenvalue weighted by Gasteiger charge is -2.22. The number of nitrogens with one attached hydrogen (secondary N) is 2. The highest BCUT2D eigenvalue weighted by Crippen LogP contribution is 2.19. The van der Waals surface area contributed by atoms with Crippen LogP contribution in [-0.2, 0) is 0 Å². The molecule has 0 bridgehead atoms. The number of furan rings is 1. The van der Waals surface area contributed by atoms with Gasteiger partial charge in [0.05, 0.1) is 18.0 Å². The number of rotatable bonds is 6. The van der Waals surface area contributed by atoms with Gasteiger partial charge >= 0.3 is 6.03 Å². The van der Waals surface area contributed by atoms with Gasteiger partial charge in [0.25, 0.3) is 0 Å². The first-order valence-corrected chi connectivity index (χ1v) is 8.13. The molecule has 0 aliphatic heterocycles. The predicted octanol–water partition coefficient (Wildman–Crippen LogP) is 1.99. The van der Waals surface area contributed by atoms with E-state index >= 15 is 0 Å². The third-order valence-corrected chi connectivity index (χ3v) is 4.01. The highest BCUT2D eigenvalue weighted by atomic mass is 16.3. The summed E-state index contributed by atoms with van der Waals surface area (Å²) in [5, 5.41) is 16.9. The molecule has 0 saturated carbocycles. The fourth-order valence-electron chi connectivity index (χ4n) is 2.59. The molecule has 0 aliphatic carbocycles. The monoisotopic (exact) mass is 355 g/mol. The van der Waals surface area contributed by atoms with E-state index in [1.807, 2.05) is 56.3 Å². The van der Waals surface area contributed by atoms with Crippen LogP contribution in [0.5, 0.6) is 0 Å². The quantitative estimate of drug-likeness (QED) is 0.701. The zero-order valence-corrected chi connectivity index (χ0v) is 14.9. The minimum Gasteiger partial charge on any atom is -0.468 e. The molecule has 9 nitrogen and oxygen atoms in total. The number of aromatic nitrogens is 4. The van der Waals surface area contributed by atoms with Crippen LogP contribution in [-0.4, -0.2) is 51.8 Å². The molecule has 9 heteroatoms. The molecular formula is C17H21N7O2. The molecule has 1 atom stereocenters. The van der Waals surface area contributed by atoms with Crippen LogP contribution in [0, 0.1) is 6.92 Å². The van der Waals surface area contributed by atoms with Gasteiger partial charge in [-0.15, -0.1) is 5.10 Å². The summed E-state index contributed by atoms with van der Waals surface area (Å²) in [7, 11) is 3.87. The van der Waals surface area contributed by atoms with E-state index in [-0.39, 0.29) is 12.1 Å². The molecule has 0 aliphatic rings. The van der Waals surface area contributed by atoms with Crippen molar-refractivity contribution in [3.63, 3.8) is 0 Å². The van der Waals surface area contributed by atoms with Crippen LogP contribution >= 0.6 is 0 Å². The Bertz CT molecular complexity index is 844. The Kier molecular flexibility index (Phi) is 5.28. The van der Waals surface area contributed by atoms with Gasteiger partial charge in [0.15, 0.2) is 0 Å². The van der Waals surface area contributed by atoms with Crippen LogP contribution in [0.4, 0.5) is 10.5 Å². The average Bonchev–Trinajstić information content (AvgIpc) is 3.30. The lowest BCUT2D eigenvalue weighted by molar-refractivity contribution is 0.233. The van der Waals surface area contributed by atoms with Gasteiger partial charge in [-0.1, -0.05) is 6.07 Å². The summed E-state index contributed by atoms with van der Waals surface area (Å²) < 4.78 is 7.00. The maximum absolute atomic E-state index is 12.3. The maximum atomic E-state index is 12.3. The lowest BCUT2D eigenvalue weighted by Crippen LogP contribution is -2.36. The Morgan fingerprint density at radius 1 is 1.35 bits per heavy atom. The van der Waals surface area contributed by atoms with Crippen molar-refractivity contribution in [2.24, 2.45) is 0 Å². The van der Waals surface area contributed by atoms with E-state index in [4.69, 9.17) is 4.42 Å². The molecule has 26 heavy (non-hydrogen) atoms. The highest BCUT2D eigenvalue weighted by molar-refractivity contribution is 5.89. The Morgan fingerprint density at radius 2 is 2.19 bits per heavy atom. The fraction of sp³-hybridized carbons (Fsp3) is 0.294. The Balaban J connectivity index is 1.64. The van der Waals surface area contributed by atoms with Crippen molar-refractivity contribution in [3.05, 3.63) is 54.2 Å². The van der Waals surface area contributed by atoms with E-state index in [9.17, 15) is 4.79 Å². The van der Waals surface area contributed by atoms with Crippen molar-refractivity contribution in [3.8, 4) is 5.69 Å². The standard InChI is InChI=1S/C17H21N7O2/c1-12-6-7-13(9-14(12)24-11-19-21-22-24)20-17(25)18-10-15(23(2)3)16-5-4-8-26-16/h4-9,11,15H,10H2,1-3H3,(H2,18,20,25). The molecule has 1 unspecified atom stereocenters. The molecule has 2 N–H and O–H groups in total. The fourth-order valence-corrected chi connectivity index (χ4v) is 2.59. The van der Waals surface area contributed by atoms with Crippen LogP contribution in [0.15, 0.2) is 47.3 Å². The largest absolute Gasteiger partial charge is 0.468 e. The zero-order chi connectivity index (χ0) is 18.5. The summed E-state index contributed by atoms with van der Waals surface area (Å²) in [6, 6.07) is 8.93. The smallest absolute Gasteiger partial charge is 0.319 e. The van der Waals surface area contributed by atoms with Gasteiger partial charge in [-0.2, -0.15) is 0 Å². The first-order chi connectivity index (χ1) is 12.5. The predicted molar refractivity (Wildman–Crippen MR) is 96.0 cm³/mol. The van der Waals surface area contributed by atoms with Crippen molar-refractivity contribution in [2.75, 3.05) is 26.0 Å². The second-order valence-electron chi connectivity index (χ2n) is 6.09. The van der Waals surface area contributed by atoms with E-state index in [1.54, 1.807) is 10.9 Å². The van der Waals surface area contributed by atoms with Crippen LogP contribution in [0.2, 0.25) is 0 Å². The van der Waals surface area contributed by atoms with Crippen LogP contribution in [0.3, 0.4) is 0 Å². The number of hydrogen-bond acceptors (Lipinski definition) is 6. The van der Waals surface area contributed by atoms with Crippen molar-refractivity contribution in [2.45, 2.75) is 13.0 Å². The summed E-state index contributed by atoms with van der Waals surface area (Å²) in [5.41, 5.74) is 2.45. The summed E-state index contributed by atoms with van der Waals surface area (Å²) in [4.78, 5) is 14.3. The number of likely N-dealkylation sites (N-methyl/N-ethyl adjacent to an activating group) is 1. The van der Waals surface area contributed by atoms with Gasteiger partial charge in [-0.3, -0.25) is 4.90 Å². The molecular weight excluding hydrogens is 334 g/mol. The lowest BCUT2D eigenvalue weighted by atomic mass is 10.2. The molecule has 0 fully saturated rings. The van der Waals surface area contributed by atoms with Gasteiger partial charge in [-0.25, -0.2) is 9.48 Å². The number of hydrogen-bond donors (Lipinski definition) is 2. The molecule has 3 rings (SSSR count). The minimum atomic E-state index is -0.296. The van der Waals surface area contributed by atoms with E-state index in [2.05, 4.69) is 26.2 Å². The van der Waals surface area contributed by atoms with Gasteiger partial charge in [0.2, 0.25) is 0 Å². The molecule has 0 radical (unpaired) electrons. The number of amides is 2. The third kappa shape index (κ3) is 4.06. The molecule has 2 heterocycles. The summed E-state index contributed by atoms with van der Waals surface area (Å²) in [6.45, 7) is 2.37. The Hall–Kier alpha value is -3.20. The maximum Gasteiger partial charge on any atom is 0.319 e. The third-order valence-electron chi connectivity index (χ3n) is 4.01. The van der Waals surface area contributed by atoms with Crippen molar-refractivity contribution >= 4 is 11.7 Å². The number of tetrazole rings is 1. The van der Waals surface area contributed by atoms with Gasteiger partial charge in [0, 0.05) is 12.2 Å². The van der Waals surface area contributed by atoms with Crippen LogP contribution in [0.25, 0.3) is 5.69 Å². The second-order valence-corrected chi connectivity index (χ2v) is 6.09. The molecule has 0 saturated heterocycles. The van der Waals surface area contributed by atoms with Gasteiger partial charge < -0.3 is 15.1 Å². The molecule has 0 spiro atoms. The number of carbonyl (C=O) groups excluding carboxylic acids is 1. The van der Waals surface area contributed by atoms with Gasteiger partial charge in [-0.05, 0) is 61.3 Å². The van der Waals surface area contributed by atoms with Crippen LogP contribution in [0.1, 0.15) is 17.4 Å². The number of benzene rings is 1. The molecule has 2 amide bonds. The number of nitrogens with zero attached hydrogens (tertiary/aromatic N) is 5. The topological polar surface area (TPSA) is 101 Å². The zero-order valence-electron chi connectivity index (χ0n) is 14.9. The molecule has 1 aromatic carbocycles. The van der Waals surface area contributed by atoms with E-state index in [1.165, 1.54) is 6.33 Å². The van der Waals surface area contributed by atoms with Crippen molar-refractivity contribution in [1.82, 2.24) is 30.4 Å².